The SMILES string of the molecule is OCC(O)C(O)c1cc(F)ccc1Br. The molecule has 2 atom stereocenters. The van der Waals surface area contributed by atoms with Crippen molar-refractivity contribution in [2.75, 3.05) is 6.61 Å². The Hall–Kier alpha value is -0.490. The number of benzene rings is 1. The van der Waals surface area contributed by atoms with Crippen LogP contribution in [0.25, 0.3) is 0 Å². The van der Waals surface area contributed by atoms with Gasteiger partial charge in [-0.25, -0.2) is 4.39 Å². The molecule has 1 aromatic rings. The lowest BCUT2D eigenvalue weighted by atomic mass is 10.1. The Balaban J connectivity index is 2.99. The quantitative estimate of drug-likeness (QED) is 0.763. The molecule has 0 aromatic heterocycles. The number of aliphatic hydroxyl groups is 3. The summed E-state index contributed by atoms with van der Waals surface area (Å²) in [4.78, 5) is 0. The Morgan fingerprint density at radius 2 is 2.00 bits per heavy atom. The molecule has 0 saturated heterocycles. The van der Waals surface area contributed by atoms with Gasteiger partial charge < -0.3 is 15.3 Å². The van der Waals surface area contributed by atoms with E-state index in [1.807, 2.05) is 0 Å². The van der Waals surface area contributed by atoms with E-state index in [0.717, 1.165) is 6.07 Å². The zero-order chi connectivity index (χ0) is 10.7. The number of rotatable bonds is 3. The van der Waals surface area contributed by atoms with Gasteiger partial charge in [-0.15, -0.1) is 0 Å². The van der Waals surface area contributed by atoms with Gasteiger partial charge in [0.25, 0.3) is 0 Å². The van der Waals surface area contributed by atoms with Crippen LogP contribution < -0.4 is 0 Å². The molecule has 14 heavy (non-hydrogen) atoms. The van der Waals surface area contributed by atoms with Gasteiger partial charge in [0.15, 0.2) is 0 Å². The average molecular weight is 265 g/mol. The van der Waals surface area contributed by atoms with E-state index < -0.39 is 24.6 Å². The van der Waals surface area contributed by atoms with Crippen LogP contribution in [-0.4, -0.2) is 28.0 Å². The minimum atomic E-state index is -1.31. The minimum Gasteiger partial charge on any atom is -0.394 e. The summed E-state index contributed by atoms with van der Waals surface area (Å²) in [6.45, 7) is -0.579. The first-order chi connectivity index (χ1) is 6.56. The van der Waals surface area contributed by atoms with Gasteiger partial charge in [0.2, 0.25) is 0 Å². The number of aliphatic hydroxyl groups excluding tert-OH is 3. The van der Waals surface area contributed by atoms with Crippen LogP contribution in [-0.2, 0) is 0 Å². The van der Waals surface area contributed by atoms with Crippen LogP contribution in [0.4, 0.5) is 4.39 Å². The number of hydrogen-bond acceptors (Lipinski definition) is 3. The second-order valence-electron chi connectivity index (χ2n) is 2.86. The summed E-state index contributed by atoms with van der Waals surface area (Å²) in [6, 6.07) is 3.76. The lowest BCUT2D eigenvalue weighted by Crippen LogP contribution is -2.22. The maximum atomic E-state index is 12.8. The third kappa shape index (κ3) is 2.51. The molecule has 0 amide bonds. The molecule has 5 heteroatoms. The zero-order valence-corrected chi connectivity index (χ0v) is 8.78. The highest BCUT2D eigenvalue weighted by molar-refractivity contribution is 9.10. The molecule has 1 rings (SSSR count). The second-order valence-corrected chi connectivity index (χ2v) is 3.71. The van der Waals surface area contributed by atoms with Gasteiger partial charge in [0.1, 0.15) is 18.0 Å². The normalized spacial score (nSPS) is 15.2. The van der Waals surface area contributed by atoms with Crippen molar-refractivity contribution in [2.24, 2.45) is 0 Å². The van der Waals surface area contributed by atoms with E-state index in [-0.39, 0.29) is 5.56 Å². The summed E-state index contributed by atoms with van der Waals surface area (Å²) in [5.74, 6) is -0.507. The lowest BCUT2D eigenvalue weighted by molar-refractivity contribution is -0.0157. The fourth-order valence-electron chi connectivity index (χ4n) is 1.05. The largest absolute Gasteiger partial charge is 0.394 e. The predicted octanol–water partition coefficient (Wildman–Crippen LogP) is 0.975. The summed E-state index contributed by atoms with van der Waals surface area (Å²) in [6.07, 6.45) is -2.61. The molecule has 78 valence electrons. The van der Waals surface area contributed by atoms with Crippen LogP contribution in [0.5, 0.6) is 0 Å². The topological polar surface area (TPSA) is 60.7 Å². The molecule has 0 heterocycles. The molecule has 0 aliphatic rings. The Morgan fingerprint density at radius 3 is 2.57 bits per heavy atom. The minimum absolute atomic E-state index is 0.214. The molecule has 0 radical (unpaired) electrons. The maximum absolute atomic E-state index is 12.8. The molecule has 0 aliphatic heterocycles. The van der Waals surface area contributed by atoms with Crippen LogP contribution in [0.3, 0.4) is 0 Å². The van der Waals surface area contributed by atoms with Crippen molar-refractivity contribution < 1.29 is 19.7 Å². The fourth-order valence-corrected chi connectivity index (χ4v) is 1.53. The molecule has 0 saturated carbocycles. The van der Waals surface area contributed by atoms with Crippen molar-refractivity contribution in [3.8, 4) is 0 Å². The molecule has 2 unspecified atom stereocenters. The van der Waals surface area contributed by atoms with Crippen LogP contribution in [0.1, 0.15) is 11.7 Å². The Bertz CT molecular complexity index is 319. The molecule has 3 nitrogen and oxygen atoms in total. The first-order valence-electron chi connectivity index (χ1n) is 3.98. The van der Waals surface area contributed by atoms with E-state index in [0.29, 0.717) is 4.47 Å². The molecular weight excluding hydrogens is 255 g/mol. The van der Waals surface area contributed by atoms with Gasteiger partial charge in [-0.2, -0.15) is 0 Å². The summed E-state index contributed by atoms with van der Waals surface area (Å²) >= 11 is 3.11. The Kier molecular flexibility index (Phi) is 4.00. The van der Waals surface area contributed by atoms with Gasteiger partial charge in [-0.1, -0.05) is 15.9 Å². The van der Waals surface area contributed by atoms with Gasteiger partial charge in [-0.3, -0.25) is 0 Å². The van der Waals surface area contributed by atoms with E-state index in [1.165, 1.54) is 12.1 Å². The third-order valence-electron chi connectivity index (χ3n) is 1.83. The van der Waals surface area contributed by atoms with Crippen molar-refractivity contribution >= 4 is 15.9 Å². The van der Waals surface area contributed by atoms with E-state index in [2.05, 4.69) is 15.9 Å². The van der Waals surface area contributed by atoms with Crippen molar-refractivity contribution in [3.63, 3.8) is 0 Å². The number of hydrogen-bond donors (Lipinski definition) is 3. The van der Waals surface area contributed by atoms with Gasteiger partial charge in [-0.05, 0) is 18.2 Å². The van der Waals surface area contributed by atoms with Gasteiger partial charge >= 0.3 is 0 Å². The Morgan fingerprint density at radius 1 is 1.36 bits per heavy atom. The summed E-state index contributed by atoms with van der Waals surface area (Å²) in [5, 5.41) is 27.2. The maximum Gasteiger partial charge on any atom is 0.123 e. The lowest BCUT2D eigenvalue weighted by Gasteiger charge is -2.17. The van der Waals surface area contributed by atoms with Crippen molar-refractivity contribution in [1.29, 1.82) is 0 Å². The van der Waals surface area contributed by atoms with Crippen LogP contribution in [0.2, 0.25) is 0 Å². The second kappa shape index (κ2) is 4.84. The third-order valence-corrected chi connectivity index (χ3v) is 2.55. The van der Waals surface area contributed by atoms with E-state index in [4.69, 9.17) is 10.2 Å². The van der Waals surface area contributed by atoms with E-state index in [9.17, 15) is 9.50 Å². The molecule has 0 bridgehead atoms. The zero-order valence-electron chi connectivity index (χ0n) is 7.19. The monoisotopic (exact) mass is 264 g/mol. The van der Waals surface area contributed by atoms with Crippen LogP contribution in [0.15, 0.2) is 22.7 Å². The van der Waals surface area contributed by atoms with Gasteiger partial charge in [0.05, 0.1) is 6.61 Å². The molecule has 3 N–H and O–H groups in total. The smallest absolute Gasteiger partial charge is 0.123 e. The molecule has 0 spiro atoms. The highest BCUT2D eigenvalue weighted by atomic mass is 79.9. The summed E-state index contributed by atoms with van der Waals surface area (Å²) in [7, 11) is 0. The summed E-state index contributed by atoms with van der Waals surface area (Å²) in [5.41, 5.74) is 0.214. The molecular formula is C9H10BrFO3. The highest BCUT2D eigenvalue weighted by Crippen LogP contribution is 2.26. The molecule has 0 fully saturated rings. The first-order valence-corrected chi connectivity index (χ1v) is 4.77. The van der Waals surface area contributed by atoms with Gasteiger partial charge in [0, 0.05) is 10.0 Å². The molecule has 0 aliphatic carbocycles. The van der Waals surface area contributed by atoms with Crippen molar-refractivity contribution in [3.05, 3.63) is 34.1 Å². The van der Waals surface area contributed by atoms with E-state index >= 15 is 0 Å². The van der Waals surface area contributed by atoms with Crippen molar-refractivity contribution in [1.82, 2.24) is 0 Å². The predicted molar refractivity (Wildman–Crippen MR) is 52.2 cm³/mol. The van der Waals surface area contributed by atoms with Crippen LogP contribution >= 0.6 is 15.9 Å². The van der Waals surface area contributed by atoms with Crippen LogP contribution in [0, 0.1) is 5.82 Å². The number of halogens is 2. The fraction of sp³-hybridized carbons (Fsp3) is 0.333. The average Bonchev–Trinajstić information content (AvgIpc) is 2.19. The summed E-state index contributed by atoms with van der Waals surface area (Å²) < 4.78 is 13.3. The van der Waals surface area contributed by atoms with E-state index in [1.54, 1.807) is 0 Å². The Labute approximate surface area is 88.9 Å². The molecule has 1 aromatic carbocycles. The first kappa shape index (κ1) is 11.6. The van der Waals surface area contributed by atoms with Crippen molar-refractivity contribution in [2.45, 2.75) is 12.2 Å². The standard InChI is InChI=1S/C9H10BrFO3/c10-7-2-1-5(11)3-6(7)9(14)8(13)4-12/h1-3,8-9,12-14H,4H2. The highest BCUT2D eigenvalue weighted by Gasteiger charge is 2.20.